The summed E-state index contributed by atoms with van der Waals surface area (Å²) >= 11 is 0. The molecule has 1 amide bonds. The highest BCUT2D eigenvalue weighted by Gasteiger charge is 2.20. The predicted molar refractivity (Wildman–Crippen MR) is 78.1 cm³/mol. The topological polar surface area (TPSA) is 68.3 Å². The zero-order valence-electron chi connectivity index (χ0n) is 12.0. The minimum atomic E-state index is -0.660. The lowest BCUT2D eigenvalue weighted by Crippen LogP contribution is -2.35. The molecule has 0 fully saturated rings. The number of furan rings is 1. The van der Waals surface area contributed by atoms with Crippen molar-refractivity contribution in [3.8, 4) is 0 Å². The SMILES string of the molecule is Cc1cc(C(C)NC(=O)C(N)c2ccccc2)c(C)o1. The summed E-state index contributed by atoms with van der Waals surface area (Å²) in [5, 5.41) is 2.92. The maximum Gasteiger partial charge on any atom is 0.241 e. The van der Waals surface area contributed by atoms with Crippen LogP contribution >= 0.6 is 0 Å². The van der Waals surface area contributed by atoms with E-state index in [0.717, 1.165) is 22.6 Å². The zero-order chi connectivity index (χ0) is 14.7. The monoisotopic (exact) mass is 272 g/mol. The Labute approximate surface area is 119 Å². The Kier molecular flexibility index (Phi) is 4.25. The Morgan fingerprint density at radius 1 is 1.25 bits per heavy atom. The fraction of sp³-hybridized carbons (Fsp3) is 0.312. The molecule has 2 atom stereocenters. The van der Waals surface area contributed by atoms with Gasteiger partial charge in [-0.3, -0.25) is 4.79 Å². The van der Waals surface area contributed by atoms with Gasteiger partial charge in [0.15, 0.2) is 0 Å². The van der Waals surface area contributed by atoms with Crippen LogP contribution in [-0.4, -0.2) is 5.91 Å². The van der Waals surface area contributed by atoms with Gasteiger partial charge in [-0.05, 0) is 32.4 Å². The normalized spacial score (nSPS) is 13.8. The van der Waals surface area contributed by atoms with Crippen LogP contribution < -0.4 is 11.1 Å². The Morgan fingerprint density at radius 2 is 1.90 bits per heavy atom. The Bertz CT molecular complexity index is 590. The lowest BCUT2D eigenvalue weighted by molar-refractivity contribution is -0.123. The molecule has 2 unspecified atom stereocenters. The van der Waals surface area contributed by atoms with Crippen molar-refractivity contribution >= 4 is 5.91 Å². The summed E-state index contributed by atoms with van der Waals surface area (Å²) in [4.78, 5) is 12.2. The molecule has 2 rings (SSSR count). The lowest BCUT2D eigenvalue weighted by Gasteiger charge is -2.17. The van der Waals surface area contributed by atoms with Crippen molar-refractivity contribution in [2.45, 2.75) is 32.9 Å². The molecule has 0 saturated heterocycles. The predicted octanol–water partition coefficient (Wildman–Crippen LogP) is 2.77. The van der Waals surface area contributed by atoms with Crippen molar-refractivity contribution in [3.63, 3.8) is 0 Å². The van der Waals surface area contributed by atoms with E-state index in [4.69, 9.17) is 10.2 Å². The average molecular weight is 272 g/mol. The molecular weight excluding hydrogens is 252 g/mol. The quantitative estimate of drug-likeness (QED) is 0.899. The standard InChI is InChI=1S/C16H20N2O2/c1-10-9-14(12(3)20-10)11(2)18-16(19)15(17)13-7-5-4-6-8-13/h4-9,11,15H,17H2,1-3H3,(H,18,19). The molecule has 4 nitrogen and oxygen atoms in total. The molecule has 0 bridgehead atoms. The minimum absolute atomic E-state index is 0.130. The van der Waals surface area contributed by atoms with Crippen LogP contribution in [0.1, 0.15) is 41.7 Å². The highest BCUT2D eigenvalue weighted by Crippen LogP contribution is 2.22. The van der Waals surface area contributed by atoms with Crippen molar-refractivity contribution in [3.05, 3.63) is 59.0 Å². The van der Waals surface area contributed by atoms with Gasteiger partial charge in [0.2, 0.25) is 5.91 Å². The number of nitrogens with one attached hydrogen (secondary N) is 1. The molecule has 4 heteroatoms. The smallest absolute Gasteiger partial charge is 0.241 e. The summed E-state index contributed by atoms with van der Waals surface area (Å²) in [6.45, 7) is 5.70. The first-order valence-corrected chi connectivity index (χ1v) is 6.67. The largest absolute Gasteiger partial charge is 0.466 e. The highest BCUT2D eigenvalue weighted by atomic mass is 16.3. The number of nitrogens with two attached hydrogens (primary N) is 1. The molecule has 20 heavy (non-hydrogen) atoms. The van der Waals surface area contributed by atoms with E-state index in [0.29, 0.717) is 0 Å². The molecular formula is C16H20N2O2. The first kappa shape index (κ1) is 14.3. The number of benzene rings is 1. The van der Waals surface area contributed by atoms with Crippen molar-refractivity contribution in [2.24, 2.45) is 5.73 Å². The van der Waals surface area contributed by atoms with Crippen LogP contribution in [0, 0.1) is 13.8 Å². The Balaban J connectivity index is 2.06. The van der Waals surface area contributed by atoms with Crippen LogP contribution in [0.3, 0.4) is 0 Å². The molecule has 0 spiro atoms. The maximum atomic E-state index is 12.2. The third kappa shape index (κ3) is 3.08. The number of carbonyl (C=O) groups excluding carboxylic acids is 1. The van der Waals surface area contributed by atoms with Gasteiger partial charge in [-0.15, -0.1) is 0 Å². The molecule has 2 aromatic rings. The van der Waals surface area contributed by atoms with E-state index in [2.05, 4.69) is 5.32 Å². The number of aryl methyl sites for hydroxylation is 2. The Hall–Kier alpha value is -2.07. The van der Waals surface area contributed by atoms with Gasteiger partial charge in [0, 0.05) is 5.56 Å². The van der Waals surface area contributed by atoms with Gasteiger partial charge < -0.3 is 15.5 Å². The van der Waals surface area contributed by atoms with E-state index >= 15 is 0 Å². The zero-order valence-corrected chi connectivity index (χ0v) is 12.0. The maximum absolute atomic E-state index is 12.2. The lowest BCUT2D eigenvalue weighted by atomic mass is 10.1. The van der Waals surface area contributed by atoms with Crippen molar-refractivity contribution in [1.29, 1.82) is 0 Å². The summed E-state index contributed by atoms with van der Waals surface area (Å²) in [6, 6.07) is 10.5. The first-order chi connectivity index (χ1) is 9.49. The number of rotatable bonds is 4. The van der Waals surface area contributed by atoms with Gasteiger partial charge in [-0.2, -0.15) is 0 Å². The summed E-state index contributed by atoms with van der Waals surface area (Å²) in [5.74, 6) is 1.47. The fourth-order valence-corrected chi connectivity index (χ4v) is 2.27. The molecule has 1 heterocycles. The van der Waals surface area contributed by atoms with Gasteiger partial charge in [0.1, 0.15) is 17.6 Å². The number of hydrogen-bond donors (Lipinski definition) is 2. The second kappa shape index (κ2) is 5.92. The van der Waals surface area contributed by atoms with Crippen molar-refractivity contribution in [2.75, 3.05) is 0 Å². The first-order valence-electron chi connectivity index (χ1n) is 6.67. The molecule has 3 N–H and O–H groups in total. The third-order valence-electron chi connectivity index (χ3n) is 3.35. The van der Waals surface area contributed by atoms with Crippen molar-refractivity contribution in [1.82, 2.24) is 5.32 Å². The molecule has 1 aromatic heterocycles. The molecule has 0 radical (unpaired) electrons. The molecule has 0 saturated carbocycles. The van der Waals surface area contributed by atoms with Crippen LogP contribution in [0.25, 0.3) is 0 Å². The molecule has 0 aliphatic carbocycles. The number of carbonyl (C=O) groups is 1. The van der Waals surface area contributed by atoms with Crippen LogP contribution in [-0.2, 0) is 4.79 Å². The summed E-state index contributed by atoms with van der Waals surface area (Å²) in [5.41, 5.74) is 7.76. The second-order valence-corrected chi connectivity index (χ2v) is 4.99. The van der Waals surface area contributed by atoms with Gasteiger partial charge in [-0.1, -0.05) is 30.3 Å². The third-order valence-corrected chi connectivity index (χ3v) is 3.35. The highest BCUT2D eigenvalue weighted by molar-refractivity contribution is 5.83. The second-order valence-electron chi connectivity index (χ2n) is 4.99. The minimum Gasteiger partial charge on any atom is -0.466 e. The van der Waals surface area contributed by atoms with Crippen molar-refractivity contribution < 1.29 is 9.21 Å². The number of hydrogen-bond acceptors (Lipinski definition) is 3. The van der Waals surface area contributed by atoms with Crippen LogP contribution in [0.15, 0.2) is 40.8 Å². The molecule has 106 valence electrons. The van der Waals surface area contributed by atoms with Crippen LogP contribution in [0.2, 0.25) is 0 Å². The molecule has 0 aliphatic rings. The van der Waals surface area contributed by atoms with E-state index in [-0.39, 0.29) is 11.9 Å². The molecule has 0 aliphatic heterocycles. The van der Waals surface area contributed by atoms with Gasteiger partial charge >= 0.3 is 0 Å². The summed E-state index contributed by atoms with van der Waals surface area (Å²) in [7, 11) is 0. The Morgan fingerprint density at radius 3 is 2.45 bits per heavy atom. The summed E-state index contributed by atoms with van der Waals surface area (Å²) in [6.07, 6.45) is 0. The van der Waals surface area contributed by atoms with Crippen LogP contribution in [0.5, 0.6) is 0 Å². The van der Waals surface area contributed by atoms with E-state index in [1.165, 1.54) is 0 Å². The van der Waals surface area contributed by atoms with Gasteiger partial charge in [-0.25, -0.2) is 0 Å². The van der Waals surface area contributed by atoms with Gasteiger partial charge in [0.05, 0.1) is 6.04 Å². The average Bonchev–Trinajstić information content (AvgIpc) is 2.78. The molecule has 1 aromatic carbocycles. The van der Waals surface area contributed by atoms with E-state index in [9.17, 15) is 4.79 Å². The fourth-order valence-electron chi connectivity index (χ4n) is 2.27. The number of amides is 1. The van der Waals surface area contributed by atoms with E-state index in [1.54, 1.807) is 0 Å². The van der Waals surface area contributed by atoms with E-state index < -0.39 is 6.04 Å². The van der Waals surface area contributed by atoms with Gasteiger partial charge in [0.25, 0.3) is 0 Å². The summed E-state index contributed by atoms with van der Waals surface area (Å²) < 4.78 is 5.48. The van der Waals surface area contributed by atoms with E-state index in [1.807, 2.05) is 57.2 Å². The van der Waals surface area contributed by atoms with Crippen LogP contribution in [0.4, 0.5) is 0 Å².